The first-order valence-corrected chi connectivity index (χ1v) is 7.47. The van der Waals surface area contributed by atoms with Crippen molar-refractivity contribution >= 4 is 12.2 Å². The second kappa shape index (κ2) is 6.83. The molecule has 23 heavy (non-hydrogen) atoms. The molecule has 1 aromatic heterocycles. The van der Waals surface area contributed by atoms with Gasteiger partial charge in [-0.2, -0.15) is 5.10 Å². The van der Waals surface area contributed by atoms with Crippen LogP contribution in [-0.4, -0.2) is 16.2 Å². The molecule has 3 aromatic rings. The molecule has 0 atom stereocenters. The average molecular weight is 302 g/mol. The van der Waals surface area contributed by atoms with Crippen molar-refractivity contribution in [3.63, 3.8) is 0 Å². The standard InChI is InChI=1S/C19H18N4/c1-14-12-15(2)22-19(21-14)23-20-13-16-8-10-18(11-9-16)17-6-4-3-5-7-17/h3-13H,1-2H3,(H,21,22,23)/b20-13+. The maximum atomic E-state index is 4.28. The van der Waals surface area contributed by atoms with Crippen molar-refractivity contribution in [3.05, 3.63) is 77.6 Å². The first-order valence-electron chi connectivity index (χ1n) is 7.47. The minimum absolute atomic E-state index is 0.514. The van der Waals surface area contributed by atoms with Gasteiger partial charge in [0.2, 0.25) is 5.95 Å². The van der Waals surface area contributed by atoms with Gasteiger partial charge in [-0.15, -0.1) is 0 Å². The monoisotopic (exact) mass is 302 g/mol. The van der Waals surface area contributed by atoms with E-state index in [2.05, 4.69) is 44.8 Å². The number of aryl methyl sites for hydroxylation is 2. The fourth-order valence-electron chi connectivity index (χ4n) is 2.33. The highest BCUT2D eigenvalue weighted by molar-refractivity contribution is 5.81. The smallest absolute Gasteiger partial charge is 0.243 e. The van der Waals surface area contributed by atoms with Crippen LogP contribution in [0.15, 0.2) is 65.8 Å². The van der Waals surface area contributed by atoms with Crippen molar-refractivity contribution in [1.82, 2.24) is 9.97 Å². The van der Waals surface area contributed by atoms with Gasteiger partial charge >= 0.3 is 0 Å². The van der Waals surface area contributed by atoms with Crippen LogP contribution in [0.4, 0.5) is 5.95 Å². The number of benzene rings is 2. The molecule has 0 bridgehead atoms. The fraction of sp³-hybridized carbons (Fsp3) is 0.105. The summed E-state index contributed by atoms with van der Waals surface area (Å²) in [5.41, 5.74) is 8.12. The van der Waals surface area contributed by atoms with Gasteiger partial charge in [0.15, 0.2) is 0 Å². The van der Waals surface area contributed by atoms with Crippen LogP contribution >= 0.6 is 0 Å². The van der Waals surface area contributed by atoms with Crippen LogP contribution < -0.4 is 5.43 Å². The van der Waals surface area contributed by atoms with Gasteiger partial charge in [-0.1, -0.05) is 54.6 Å². The number of hydrogen-bond donors (Lipinski definition) is 1. The quantitative estimate of drug-likeness (QED) is 0.580. The number of rotatable bonds is 4. The van der Waals surface area contributed by atoms with Gasteiger partial charge in [-0.3, -0.25) is 0 Å². The van der Waals surface area contributed by atoms with Gasteiger partial charge in [0.1, 0.15) is 0 Å². The molecule has 0 radical (unpaired) electrons. The van der Waals surface area contributed by atoms with Crippen molar-refractivity contribution < 1.29 is 0 Å². The summed E-state index contributed by atoms with van der Waals surface area (Å²) >= 11 is 0. The van der Waals surface area contributed by atoms with E-state index in [0.717, 1.165) is 17.0 Å². The lowest BCUT2D eigenvalue weighted by Crippen LogP contribution is -1.99. The van der Waals surface area contributed by atoms with Crippen LogP contribution in [0, 0.1) is 13.8 Å². The molecule has 4 nitrogen and oxygen atoms in total. The largest absolute Gasteiger partial charge is 0.245 e. The Morgan fingerprint density at radius 2 is 1.43 bits per heavy atom. The minimum Gasteiger partial charge on any atom is -0.245 e. The number of hydrazone groups is 1. The SMILES string of the molecule is Cc1cc(C)nc(N/N=C/c2ccc(-c3ccccc3)cc2)n1. The summed E-state index contributed by atoms with van der Waals surface area (Å²) in [5.74, 6) is 0.514. The Kier molecular flexibility index (Phi) is 4.43. The zero-order valence-electron chi connectivity index (χ0n) is 13.2. The lowest BCUT2D eigenvalue weighted by Gasteiger charge is -2.03. The first kappa shape index (κ1) is 14.9. The van der Waals surface area contributed by atoms with Crippen LogP contribution in [0.25, 0.3) is 11.1 Å². The van der Waals surface area contributed by atoms with Crippen LogP contribution in [0.3, 0.4) is 0 Å². The molecule has 0 aliphatic carbocycles. The maximum Gasteiger partial charge on any atom is 0.243 e. The molecule has 0 saturated carbocycles. The van der Waals surface area contributed by atoms with Gasteiger partial charge in [-0.05, 0) is 36.6 Å². The summed E-state index contributed by atoms with van der Waals surface area (Å²) in [7, 11) is 0. The van der Waals surface area contributed by atoms with Crippen LogP contribution in [0.5, 0.6) is 0 Å². The second-order valence-electron chi connectivity index (χ2n) is 5.33. The van der Waals surface area contributed by atoms with E-state index in [1.165, 1.54) is 11.1 Å². The molecular formula is C19H18N4. The minimum atomic E-state index is 0.514. The van der Waals surface area contributed by atoms with Gasteiger partial charge in [0, 0.05) is 11.4 Å². The normalized spacial score (nSPS) is 10.9. The third-order valence-corrected chi connectivity index (χ3v) is 3.38. The Labute approximate surface area is 135 Å². The molecule has 4 heteroatoms. The van der Waals surface area contributed by atoms with Crippen molar-refractivity contribution in [2.75, 3.05) is 5.43 Å². The second-order valence-corrected chi connectivity index (χ2v) is 5.33. The zero-order valence-corrected chi connectivity index (χ0v) is 13.2. The van der Waals surface area contributed by atoms with Gasteiger partial charge in [-0.25, -0.2) is 15.4 Å². The Balaban J connectivity index is 1.68. The Hall–Kier alpha value is -3.01. The molecule has 0 fully saturated rings. The molecular weight excluding hydrogens is 284 g/mol. The molecule has 0 aliphatic rings. The fourth-order valence-corrected chi connectivity index (χ4v) is 2.33. The number of hydrogen-bond acceptors (Lipinski definition) is 4. The van der Waals surface area contributed by atoms with E-state index in [-0.39, 0.29) is 0 Å². The van der Waals surface area contributed by atoms with E-state index in [1.807, 2.05) is 50.2 Å². The highest BCUT2D eigenvalue weighted by atomic mass is 15.3. The first-order chi connectivity index (χ1) is 11.2. The van der Waals surface area contributed by atoms with Gasteiger partial charge < -0.3 is 0 Å². The molecule has 0 saturated heterocycles. The summed E-state index contributed by atoms with van der Waals surface area (Å²) in [5, 5.41) is 4.20. The molecule has 0 amide bonds. The van der Waals surface area contributed by atoms with E-state index in [4.69, 9.17) is 0 Å². The molecule has 1 heterocycles. The summed E-state index contributed by atoms with van der Waals surface area (Å²) in [6.45, 7) is 3.87. The molecule has 0 aliphatic heterocycles. The molecule has 2 aromatic carbocycles. The van der Waals surface area contributed by atoms with Crippen LogP contribution in [-0.2, 0) is 0 Å². The number of nitrogens with one attached hydrogen (secondary N) is 1. The summed E-state index contributed by atoms with van der Waals surface area (Å²) in [4.78, 5) is 8.57. The number of aromatic nitrogens is 2. The lowest BCUT2D eigenvalue weighted by molar-refractivity contribution is 1.04. The predicted molar refractivity (Wildman–Crippen MR) is 94.6 cm³/mol. The summed E-state index contributed by atoms with van der Waals surface area (Å²) < 4.78 is 0. The highest BCUT2D eigenvalue weighted by Crippen LogP contribution is 2.18. The highest BCUT2D eigenvalue weighted by Gasteiger charge is 1.98. The van der Waals surface area contributed by atoms with Gasteiger partial charge in [0.25, 0.3) is 0 Å². The molecule has 0 spiro atoms. The van der Waals surface area contributed by atoms with E-state index in [1.54, 1.807) is 6.21 Å². The number of nitrogens with zero attached hydrogens (tertiary/aromatic N) is 3. The third kappa shape index (κ3) is 4.01. The van der Waals surface area contributed by atoms with E-state index < -0.39 is 0 Å². The van der Waals surface area contributed by atoms with Crippen LogP contribution in [0.1, 0.15) is 17.0 Å². The Bertz CT molecular complexity index is 788. The predicted octanol–water partition coefficient (Wildman–Crippen LogP) is 4.21. The van der Waals surface area contributed by atoms with E-state index >= 15 is 0 Å². The zero-order chi connectivity index (χ0) is 16.1. The molecule has 0 unspecified atom stereocenters. The lowest BCUT2D eigenvalue weighted by atomic mass is 10.0. The third-order valence-electron chi connectivity index (χ3n) is 3.38. The Morgan fingerprint density at radius 3 is 2.09 bits per heavy atom. The van der Waals surface area contributed by atoms with Crippen molar-refractivity contribution in [2.45, 2.75) is 13.8 Å². The van der Waals surface area contributed by atoms with Crippen molar-refractivity contribution in [1.29, 1.82) is 0 Å². The van der Waals surface area contributed by atoms with E-state index in [0.29, 0.717) is 5.95 Å². The van der Waals surface area contributed by atoms with E-state index in [9.17, 15) is 0 Å². The topological polar surface area (TPSA) is 50.2 Å². The molecule has 1 N–H and O–H groups in total. The Morgan fingerprint density at radius 1 is 0.826 bits per heavy atom. The van der Waals surface area contributed by atoms with Crippen molar-refractivity contribution in [3.8, 4) is 11.1 Å². The van der Waals surface area contributed by atoms with Gasteiger partial charge in [0.05, 0.1) is 6.21 Å². The van der Waals surface area contributed by atoms with Crippen LogP contribution in [0.2, 0.25) is 0 Å². The molecule has 114 valence electrons. The maximum absolute atomic E-state index is 4.28. The summed E-state index contributed by atoms with van der Waals surface area (Å²) in [6, 6.07) is 20.5. The summed E-state index contributed by atoms with van der Waals surface area (Å²) in [6.07, 6.45) is 1.76. The van der Waals surface area contributed by atoms with Crippen molar-refractivity contribution in [2.24, 2.45) is 5.10 Å². The molecule has 3 rings (SSSR count). The average Bonchev–Trinajstić information content (AvgIpc) is 2.55. The number of anilines is 1.